The molecule has 0 bridgehead atoms. The van der Waals surface area contributed by atoms with E-state index in [9.17, 15) is 17.6 Å². The van der Waals surface area contributed by atoms with E-state index in [1.54, 1.807) is 0 Å². The molecule has 0 heterocycles. The summed E-state index contributed by atoms with van der Waals surface area (Å²) in [6.45, 7) is -0.659. The minimum absolute atomic E-state index is 0.0513. The number of halogens is 4. The molecule has 0 fully saturated rings. The van der Waals surface area contributed by atoms with Crippen LogP contribution in [0.3, 0.4) is 0 Å². The third-order valence-electron chi connectivity index (χ3n) is 2.80. The normalized spacial score (nSPS) is 11.6. The van der Waals surface area contributed by atoms with Gasteiger partial charge < -0.3 is 5.11 Å². The van der Waals surface area contributed by atoms with Crippen molar-refractivity contribution in [3.8, 4) is 11.1 Å². The standard InChI is InChI=1S/C14H10F4O/c15-13-7-3-5-9(11(13)8-19)10-4-1-2-6-12(10)14(16,17)18/h1-7,19H,8H2. The fourth-order valence-corrected chi connectivity index (χ4v) is 1.94. The third-order valence-corrected chi connectivity index (χ3v) is 2.80. The van der Waals surface area contributed by atoms with Crippen LogP contribution in [0, 0.1) is 5.82 Å². The lowest BCUT2D eigenvalue weighted by atomic mass is 9.95. The van der Waals surface area contributed by atoms with Crippen LogP contribution in [0.5, 0.6) is 0 Å². The zero-order valence-electron chi connectivity index (χ0n) is 9.71. The molecule has 0 atom stereocenters. The second kappa shape index (κ2) is 5.01. The summed E-state index contributed by atoms with van der Waals surface area (Å²) in [5.74, 6) is -0.725. The van der Waals surface area contributed by atoms with Crippen LogP contribution in [0.15, 0.2) is 42.5 Å². The van der Waals surface area contributed by atoms with Gasteiger partial charge in [0.2, 0.25) is 0 Å². The van der Waals surface area contributed by atoms with E-state index in [0.717, 1.165) is 12.1 Å². The molecule has 0 amide bonds. The molecule has 2 rings (SSSR count). The third kappa shape index (κ3) is 2.61. The Hall–Kier alpha value is -1.88. The highest BCUT2D eigenvalue weighted by Gasteiger charge is 2.33. The first kappa shape index (κ1) is 13.5. The molecule has 0 saturated heterocycles. The summed E-state index contributed by atoms with van der Waals surface area (Å²) in [6.07, 6.45) is -4.53. The van der Waals surface area contributed by atoms with E-state index in [1.807, 2.05) is 0 Å². The van der Waals surface area contributed by atoms with Gasteiger partial charge in [-0.25, -0.2) is 4.39 Å². The van der Waals surface area contributed by atoms with Gasteiger partial charge in [-0.2, -0.15) is 13.2 Å². The highest BCUT2D eigenvalue weighted by atomic mass is 19.4. The number of hydrogen-bond acceptors (Lipinski definition) is 1. The monoisotopic (exact) mass is 270 g/mol. The molecule has 0 saturated carbocycles. The van der Waals surface area contributed by atoms with Gasteiger partial charge in [-0.15, -0.1) is 0 Å². The number of hydrogen-bond donors (Lipinski definition) is 1. The van der Waals surface area contributed by atoms with Crippen molar-refractivity contribution in [2.45, 2.75) is 12.8 Å². The van der Waals surface area contributed by atoms with Gasteiger partial charge in [-0.3, -0.25) is 0 Å². The van der Waals surface area contributed by atoms with Crippen LogP contribution >= 0.6 is 0 Å². The number of aliphatic hydroxyl groups is 1. The first-order valence-electron chi connectivity index (χ1n) is 5.50. The topological polar surface area (TPSA) is 20.2 Å². The molecule has 1 nitrogen and oxygen atoms in total. The van der Waals surface area contributed by atoms with Crippen LogP contribution in [0.2, 0.25) is 0 Å². The smallest absolute Gasteiger partial charge is 0.392 e. The average molecular weight is 270 g/mol. The van der Waals surface area contributed by atoms with Gasteiger partial charge >= 0.3 is 6.18 Å². The van der Waals surface area contributed by atoms with Crippen molar-refractivity contribution in [2.75, 3.05) is 0 Å². The molecule has 0 aliphatic carbocycles. The molecule has 0 spiro atoms. The molecular weight excluding hydrogens is 260 g/mol. The van der Waals surface area contributed by atoms with Gasteiger partial charge in [0.1, 0.15) is 5.82 Å². The van der Waals surface area contributed by atoms with Crippen LogP contribution in [0.1, 0.15) is 11.1 Å². The van der Waals surface area contributed by atoms with Gasteiger partial charge in [0.25, 0.3) is 0 Å². The van der Waals surface area contributed by atoms with E-state index in [-0.39, 0.29) is 16.7 Å². The molecule has 0 aromatic heterocycles. The zero-order valence-corrected chi connectivity index (χ0v) is 9.71. The van der Waals surface area contributed by atoms with Crippen molar-refractivity contribution in [3.63, 3.8) is 0 Å². The number of alkyl halides is 3. The highest BCUT2D eigenvalue weighted by molar-refractivity contribution is 5.71. The number of aliphatic hydroxyl groups excluding tert-OH is 1. The lowest BCUT2D eigenvalue weighted by Crippen LogP contribution is -2.08. The maximum absolute atomic E-state index is 13.5. The fraction of sp³-hybridized carbons (Fsp3) is 0.143. The maximum atomic E-state index is 13.5. The first-order chi connectivity index (χ1) is 8.95. The molecule has 1 N–H and O–H groups in total. The molecule has 0 aliphatic rings. The minimum atomic E-state index is -4.53. The van der Waals surface area contributed by atoms with Crippen LogP contribution in [0.4, 0.5) is 17.6 Å². The summed E-state index contributed by atoms with van der Waals surface area (Å²) in [6, 6.07) is 8.68. The molecule has 2 aromatic rings. The van der Waals surface area contributed by atoms with Gasteiger partial charge in [0, 0.05) is 5.56 Å². The average Bonchev–Trinajstić information content (AvgIpc) is 2.37. The Labute approximate surface area is 107 Å². The largest absolute Gasteiger partial charge is 0.417 e. The van der Waals surface area contributed by atoms with E-state index < -0.39 is 24.2 Å². The quantitative estimate of drug-likeness (QED) is 0.818. The Morgan fingerprint density at radius 1 is 0.895 bits per heavy atom. The first-order valence-corrected chi connectivity index (χ1v) is 5.50. The van der Waals surface area contributed by atoms with Crippen molar-refractivity contribution in [2.24, 2.45) is 0 Å². The van der Waals surface area contributed by atoms with E-state index in [2.05, 4.69) is 0 Å². The van der Waals surface area contributed by atoms with Crippen molar-refractivity contribution in [3.05, 3.63) is 59.4 Å². The molecule has 100 valence electrons. The highest BCUT2D eigenvalue weighted by Crippen LogP contribution is 2.38. The molecule has 0 aliphatic heterocycles. The van der Waals surface area contributed by atoms with Crippen molar-refractivity contribution >= 4 is 0 Å². The summed E-state index contributed by atoms with van der Waals surface area (Å²) >= 11 is 0. The van der Waals surface area contributed by atoms with Gasteiger partial charge in [0.05, 0.1) is 12.2 Å². The molecule has 19 heavy (non-hydrogen) atoms. The lowest BCUT2D eigenvalue weighted by molar-refractivity contribution is -0.137. The fourth-order valence-electron chi connectivity index (χ4n) is 1.94. The van der Waals surface area contributed by atoms with Crippen LogP contribution in [0.25, 0.3) is 11.1 Å². The van der Waals surface area contributed by atoms with Gasteiger partial charge in [-0.05, 0) is 23.3 Å². The molecule has 5 heteroatoms. The van der Waals surface area contributed by atoms with Crippen molar-refractivity contribution < 1.29 is 22.7 Å². The summed E-state index contributed by atoms with van der Waals surface area (Å²) in [7, 11) is 0. The van der Waals surface area contributed by atoms with Crippen LogP contribution < -0.4 is 0 Å². The molecule has 2 aromatic carbocycles. The van der Waals surface area contributed by atoms with Gasteiger partial charge in [-0.1, -0.05) is 30.3 Å². The Bertz CT molecular complexity index is 590. The summed E-state index contributed by atoms with van der Waals surface area (Å²) < 4.78 is 52.3. The van der Waals surface area contributed by atoms with E-state index in [1.165, 1.54) is 30.3 Å². The molecular formula is C14H10F4O. The SMILES string of the molecule is OCc1c(F)cccc1-c1ccccc1C(F)(F)F. The maximum Gasteiger partial charge on any atom is 0.417 e. The number of rotatable bonds is 2. The summed E-state index contributed by atoms with van der Waals surface area (Å²) in [5, 5.41) is 9.13. The van der Waals surface area contributed by atoms with E-state index in [4.69, 9.17) is 5.11 Å². The van der Waals surface area contributed by atoms with E-state index >= 15 is 0 Å². The Morgan fingerprint density at radius 2 is 1.53 bits per heavy atom. The van der Waals surface area contributed by atoms with Crippen molar-refractivity contribution in [1.82, 2.24) is 0 Å². The predicted octanol–water partition coefficient (Wildman–Crippen LogP) is 4.00. The van der Waals surface area contributed by atoms with E-state index in [0.29, 0.717) is 0 Å². The second-order valence-electron chi connectivity index (χ2n) is 3.97. The Morgan fingerprint density at radius 3 is 2.16 bits per heavy atom. The predicted molar refractivity (Wildman–Crippen MR) is 62.8 cm³/mol. The van der Waals surface area contributed by atoms with Crippen molar-refractivity contribution in [1.29, 1.82) is 0 Å². The minimum Gasteiger partial charge on any atom is -0.392 e. The van der Waals surface area contributed by atoms with Crippen LogP contribution in [-0.4, -0.2) is 5.11 Å². The van der Waals surface area contributed by atoms with Gasteiger partial charge in [0.15, 0.2) is 0 Å². The summed E-state index contributed by atoms with van der Waals surface area (Å²) in [4.78, 5) is 0. The summed E-state index contributed by atoms with van der Waals surface area (Å²) in [5.41, 5.74) is -1.08. The number of benzene rings is 2. The molecule has 0 radical (unpaired) electrons. The Kier molecular flexibility index (Phi) is 3.57. The lowest BCUT2D eigenvalue weighted by Gasteiger charge is -2.15. The zero-order chi connectivity index (χ0) is 14.0. The molecule has 0 unspecified atom stereocenters. The Balaban J connectivity index is 2.70. The van der Waals surface area contributed by atoms with Crippen LogP contribution in [-0.2, 0) is 12.8 Å². The second-order valence-corrected chi connectivity index (χ2v) is 3.97.